The highest BCUT2D eigenvalue weighted by Crippen LogP contribution is 2.44. The first-order chi connectivity index (χ1) is 24.8. The summed E-state index contributed by atoms with van der Waals surface area (Å²) in [5.74, 6) is 0. The highest BCUT2D eigenvalue weighted by atomic mass is 16.3. The third-order valence-corrected chi connectivity index (χ3v) is 10.0. The Labute approximate surface area is 290 Å². The minimum absolute atomic E-state index is 0.905. The van der Waals surface area contributed by atoms with Gasteiger partial charge in [0.25, 0.3) is 0 Å². The van der Waals surface area contributed by atoms with Crippen LogP contribution in [0.1, 0.15) is 0 Å². The zero-order valence-corrected chi connectivity index (χ0v) is 27.3. The maximum absolute atomic E-state index is 6.43. The first-order valence-corrected chi connectivity index (χ1v) is 17.1. The van der Waals surface area contributed by atoms with Crippen molar-refractivity contribution in [2.24, 2.45) is 0 Å². The molecule has 50 heavy (non-hydrogen) atoms. The Balaban J connectivity index is 1.17. The van der Waals surface area contributed by atoms with Crippen molar-refractivity contribution in [3.8, 4) is 22.3 Å². The van der Waals surface area contributed by atoms with Crippen molar-refractivity contribution < 1.29 is 4.42 Å². The molecule has 0 aliphatic heterocycles. The SMILES string of the molecule is c1ccc(-c2cc3oc4ccccc4c3c3ccc(N(c4ccccc4)c4ccc(-c5cc6ccccc6c6ccccc56)cc4)cc23)cc1. The Bertz CT molecular complexity index is 2850. The van der Waals surface area contributed by atoms with Crippen LogP contribution in [0.25, 0.3) is 76.5 Å². The molecular formula is C48H31NO. The predicted octanol–water partition coefficient (Wildman–Crippen LogP) is 13.8. The van der Waals surface area contributed by atoms with Gasteiger partial charge in [-0.05, 0) is 109 Å². The van der Waals surface area contributed by atoms with Crippen molar-refractivity contribution in [2.45, 2.75) is 0 Å². The molecule has 2 heteroatoms. The van der Waals surface area contributed by atoms with Crippen LogP contribution in [-0.2, 0) is 0 Å². The summed E-state index contributed by atoms with van der Waals surface area (Å²) >= 11 is 0. The van der Waals surface area contributed by atoms with Crippen molar-refractivity contribution in [3.63, 3.8) is 0 Å². The Morgan fingerprint density at radius 1 is 0.320 bits per heavy atom. The fourth-order valence-corrected chi connectivity index (χ4v) is 7.73. The number of para-hydroxylation sites is 2. The van der Waals surface area contributed by atoms with E-state index in [4.69, 9.17) is 4.42 Å². The first-order valence-electron chi connectivity index (χ1n) is 17.1. The molecule has 0 fully saturated rings. The Hall–Kier alpha value is -6.64. The number of furan rings is 1. The van der Waals surface area contributed by atoms with Crippen molar-refractivity contribution in [2.75, 3.05) is 4.90 Å². The van der Waals surface area contributed by atoms with Gasteiger partial charge in [0.05, 0.1) is 0 Å². The van der Waals surface area contributed by atoms with Crippen LogP contribution in [0.5, 0.6) is 0 Å². The van der Waals surface area contributed by atoms with Gasteiger partial charge in [0.1, 0.15) is 11.2 Å². The van der Waals surface area contributed by atoms with Gasteiger partial charge < -0.3 is 9.32 Å². The number of hydrogen-bond acceptors (Lipinski definition) is 2. The average Bonchev–Trinajstić information content (AvgIpc) is 3.57. The monoisotopic (exact) mass is 637 g/mol. The van der Waals surface area contributed by atoms with Crippen LogP contribution in [0.2, 0.25) is 0 Å². The second-order valence-corrected chi connectivity index (χ2v) is 12.9. The van der Waals surface area contributed by atoms with E-state index in [0.717, 1.165) is 50.1 Å². The van der Waals surface area contributed by atoms with E-state index in [1.165, 1.54) is 43.4 Å². The van der Waals surface area contributed by atoms with E-state index in [2.05, 4.69) is 187 Å². The zero-order chi connectivity index (χ0) is 33.0. The minimum atomic E-state index is 0.905. The summed E-state index contributed by atoms with van der Waals surface area (Å²) in [5.41, 5.74) is 9.86. The molecule has 0 amide bonds. The Morgan fingerprint density at radius 2 is 0.900 bits per heavy atom. The van der Waals surface area contributed by atoms with Gasteiger partial charge in [-0.3, -0.25) is 0 Å². The molecule has 10 rings (SSSR count). The Kier molecular flexibility index (Phi) is 6.53. The van der Waals surface area contributed by atoms with Crippen molar-refractivity contribution in [1.82, 2.24) is 0 Å². The Morgan fingerprint density at radius 3 is 1.70 bits per heavy atom. The van der Waals surface area contributed by atoms with Crippen molar-refractivity contribution in [1.29, 1.82) is 0 Å². The molecule has 0 unspecified atom stereocenters. The number of benzene rings is 9. The molecule has 0 spiro atoms. The largest absolute Gasteiger partial charge is 0.456 e. The maximum Gasteiger partial charge on any atom is 0.136 e. The van der Waals surface area contributed by atoms with E-state index in [0.29, 0.717) is 0 Å². The lowest BCUT2D eigenvalue weighted by Crippen LogP contribution is -2.09. The minimum Gasteiger partial charge on any atom is -0.456 e. The smallest absolute Gasteiger partial charge is 0.136 e. The van der Waals surface area contributed by atoms with Gasteiger partial charge in [0.15, 0.2) is 0 Å². The number of nitrogens with zero attached hydrogens (tertiary/aromatic N) is 1. The highest BCUT2D eigenvalue weighted by molar-refractivity contribution is 6.22. The molecule has 9 aromatic carbocycles. The lowest BCUT2D eigenvalue weighted by molar-refractivity contribution is 0.669. The summed E-state index contributed by atoms with van der Waals surface area (Å²) in [5, 5.41) is 9.73. The molecule has 0 bridgehead atoms. The average molecular weight is 638 g/mol. The van der Waals surface area contributed by atoms with Gasteiger partial charge in [-0.1, -0.05) is 133 Å². The molecule has 0 aliphatic rings. The standard InChI is InChI=1S/C48H31NO/c1-3-13-32(14-4-1)44-31-47-48(42-21-11-12-22-46(42)50-47)41-28-27-37(30-45(41)44)49(35-16-5-2-6-17-35)36-25-23-33(24-26-36)43-29-34-15-7-8-18-38(34)39-19-9-10-20-40(39)43/h1-31H. The lowest BCUT2D eigenvalue weighted by Gasteiger charge is -2.26. The molecule has 234 valence electrons. The molecule has 0 radical (unpaired) electrons. The normalized spacial score (nSPS) is 11.6. The molecular weight excluding hydrogens is 607 g/mol. The van der Waals surface area contributed by atoms with E-state index < -0.39 is 0 Å². The molecule has 0 N–H and O–H groups in total. The van der Waals surface area contributed by atoms with E-state index in [1.54, 1.807) is 0 Å². The summed E-state index contributed by atoms with van der Waals surface area (Å²) in [4.78, 5) is 2.36. The summed E-state index contributed by atoms with van der Waals surface area (Å²) in [6.45, 7) is 0. The molecule has 1 heterocycles. The molecule has 2 nitrogen and oxygen atoms in total. The van der Waals surface area contributed by atoms with Gasteiger partial charge in [-0.15, -0.1) is 0 Å². The lowest BCUT2D eigenvalue weighted by atomic mass is 9.93. The van der Waals surface area contributed by atoms with E-state index >= 15 is 0 Å². The summed E-state index contributed by atoms with van der Waals surface area (Å²) < 4.78 is 6.43. The van der Waals surface area contributed by atoms with E-state index in [9.17, 15) is 0 Å². The zero-order valence-electron chi connectivity index (χ0n) is 27.3. The number of anilines is 3. The van der Waals surface area contributed by atoms with Crippen LogP contribution in [0, 0.1) is 0 Å². The number of hydrogen-bond donors (Lipinski definition) is 0. The highest BCUT2D eigenvalue weighted by Gasteiger charge is 2.19. The third kappa shape index (κ3) is 4.57. The molecule has 0 aliphatic carbocycles. The number of rotatable bonds is 5. The maximum atomic E-state index is 6.43. The second-order valence-electron chi connectivity index (χ2n) is 12.9. The van der Waals surface area contributed by atoms with Gasteiger partial charge in [-0.2, -0.15) is 0 Å². The van der Waals surface area contributed by atoms with Crippen LogP contribution in [0.15, 0.2) is 192 Å². The summed E-state index contributed by atoms with van der Waals surface area (Å²) in [6.07, 6.45) is 0. The van der Waals surface area contributed by atoms with Crippen LogP contribution in [0.4, 0.5) is 17.1 Å². The van der Waals surface area contributed by atoms with Crippen molar-refractivity contribution >= 4 is 71.3 Å². The molecule has 0 saturated heterocycles. The van der Waals surface area contributed by atoms with Crippen LogP contribution in [0.3, 0.4) is 0 Å². The molecule has 10 aromatic rings. The first kappa shape index (κ1) is 28.4. The topological polar surface area (TPSA) is 16.4 Å². The quantitative estimate of drug-likeness (QED) is 0.175. The van der Waals surface area contributed by atoms with Gasteiger partial charge in [0.2, 0.25) is 0 Å². The van der Waals surface area contributed by atoms with Gasteiger partial charge >= 0.3 is 0 Å². The molecule has 0 saturated carbocycles. The number of fused-ring (bicyclic) bond motifs is 8. The van der Waals surface area contributed by atoms with Crippen LogP contribution in [-0.4, -0.2) is 0 Å². The second kappa shape index (κ2) is 11.5. The van der Waals surface area contributed by atoms with Crippen molar-refractivity contribution in [3.05, 3.63) is 188 Å². The molecule has 0 atom stereocenters. The van der Waals surface area contributed by atoms with Gasteiger partial charge in [-0.25, -0.2) is 0 Å². The summed E-state index contributed by atoms with van der Waals surface area (Å²) in [6, 6.07) is 67.5. The van der Waals surface area contributed by atoms with Gasteiger partial charge in [0, 0.05) is 27.8 Å². The fraction of sp³-hybridized carbons (Fsp3) is 0. The summed E-state index contributed by atoms with van der Waals surface area (Å²) in [7, 11) is 0. The van der Waals surface area contributed by atoms with Crippen LogP contribution >= 0.6 is 0 Å². The fourth-order valence-electron chi connectivity index (χ4n) is 7.73. The van der Waals surface area contributed by atoms with E-state index in [-0.39, 0.29) is 0 Å². The predicted molar refractivity (Wildman–Crippen MR) is 212 cm³/mol. The third-order valence-electron chi connectivity index (χ3n) is 10.0. The molecule has 1 aromatic heterocycles. The van der Waals surface area contributed by atoms with E-state index in [1.807, 2.05) is 6.07 Å². The van der Waals surface area contributed by atoms with Crippen LogP contribution < -0.4 is 4.90 Å².